The van der Waals surface area contributed by atoms with Gasteiger partial charge in [0.2, 0.25) is 10.0 Å². The SMILES string of the molecule is CNS(=O)(=O)c1ccc(NCc2cccc(Br)c2)c(N)c1. The van der Waals surface area contributed by atoms with Crippen LogP contribution in [0.3, 0.4) is 0 Å². The van der Waals surface area contributed by atoms with Crippen LogP contribution in [0.1, 0.15) is 5.56 Å². The Balaban J connectivity index is 2.15. The van der Waals surface area contributed by atoms with E-state index in [4.69, 9.17) is 5.73 Å². The Morgan fingerprint density at radius 3 is 2.57 bits per heavy atom. The van der Waals surface area contributed by atoms with Gasteiger partial charge in [0.05, 0.1) is 16.3 Å². The van der Waals surface area contributed by atoms with Crippen LogP contribution in [0.4, 0.5) is 11.4 Å². The maximum Gasteiger partial charge on any atom is 0.240 e. The molecule has 0 bridgehead atoms. The van der Waals surface area contributed by atoms with Crippen LogP contribution in [0, 0.1) is 0 Å². The van der Waals surface area contributed by atoms with Gasteiger partial charge in [-0.25, -0.2) is 13.1 Å². The summed E-state index contributed by atoms with van der Waals surface area (Å²) in [7, 11) is -2.11. The quantitative estimate of drug-likeness (QED) is 0.707. The van der Waals surface area contributed by atoms with Crippen LogP contribution < -0.4 is 15.8 Å². The van der Waals surface area contributed by atoms with Gasteiger partial charge in [-0.05, 0) is 42.9 Å². The molecule has 0 amide bonds. The smallest absolute Gasteiger partial charge is 0.240 e. The highest BCUT2D eigenvalue weighted by molar-refractivity contribution is 9.10. The first-order valence-electron chi connectivity index (χ1n) is 6.24. The summed E-state index contributed by atoms with van der Waals surface area (Å²) in [6, 6.07) is 12.5. The molecular formula is C14H16BrN3O2S. The van der Waals surface area contributed by atoms with Crippen molar-refractivity contribution in [1.29, 1.82) is 0 Å². The first-order valence-corrected chi connectivity index (χ1v) is 8.51. The van der Waals surface area contributed by atoms with Crippen molar-refractivity contribution in [2.45, 2.75) is 11.4 Å². The van der Waals surface area contributed by atoms with Crippen LogP contribution in [0.5, 0.6) is 0 Å². The van der Waals surface area contributed by atoms with E-state index in [1.807, 2.05) is 24.3 Å². The van der Waals surface area contributed by atoms with E-state index < -0.39 is 10.0 Å². The van der Waals surface area contributed by atoms with E-state index in [2.05, 4.69) is 26.0 Å². The standard InChI is InChI=1S/C14H16BrN3O2S/c1-17-21(19,20)12-5-6-14(13(16)8-12)18-9-10-3-2-4-11(15)7-10/h2-8,17-18H,9,16H2,1H3. The number of hydrogen-bond donors (Lipinski definition) is 3. The van der Waals surface area contributed by atoms with Gasteiger partial charge in [-0.1, -0.05) is 28.1 Å². The molecule has 0 unspecified atom stereocenters. The molecule has 5 nitrogen and oxygen atoms in total. The maximum atomic E-state index is 11.7. The van der Waals surface area contributed by atoms with Crippen molar-refractivity contribution in [2.24, 2.45) is 0 Å². The Bertz CT molecular complexity index is 748. The van der Waals surface area contributed by atoms with Gasteiger partial charge in [0.25, 0.3) is 0 Å². The number of nitrogens with one attached hydrogen (secondary N) is 2. The van der Waals surface area contributed by atoms with Crippen LogP contribution in [0.2, 0.25) is 0 Å². The third-order valence-corrected chi connectivity index (χ3v) is 4.88. The van der Waals surface area contributed by atoms with Gasteiger partial charge >= 0.3 is 0 Å². The Morgan fingerprint density at radius 1 is 1.19 bits per heavy atom. The van der Waals surface area contributed by atoms with Crippen LogP contribution >= 0.6 is 15.9 Å². The predicted molar refractivity (Wildman–Crippen MR) is 88.6 cm³/mol. The topological polar surface area (TPSA) is 84.2 Å². The van der Waals surface area contributed by atoms with Crippen molar-refractivity contribution in [3.05, 3.63) is 52.5 Å². The highest BCUT2D eigenvalue weighted by Crippen LogP contribution is 2.23. The monoisotopic (exact) mass is 369 g/mol. The molecule has 0 heterocycles. The highest BCUT2D eigenvalue weighted by atomic mass is 79.9. The molecule has 0 saturated carbocycles. The Morgan fingerprint density at radius 2 is 1.95 bits per heavy atom. The third-order valence-electron chi connectivity index (χ3n) is 2.97. The number of nitrogen functional groups attached to an aromatic ring is 1. The van der Waals surface area contributed by atoms with E-state index >= 15 is 0 Å². The zero-order chi connectivity index (χ0) is 15.5. The molecule has 112 valence electrons. The molecule has 21 heavy (non-hydrogen) atoms. The molecule has 0 aliphatic rings. The number of hydrogen-bond acceptors (Lipinski definition) is 4. The molecule has 0 aromatic heterocycles. The van der Waals surface area contributed by atoms with Gasteiger partial charge in [0.15, 0.2) is 0 Å². The van der Waals surface area contributed by atoms with E-state index in [1.54, 1.807) is 6.07 Å². The van der Waals surface area contributed by atoms with Crippen molar-refractivity contribution in [1.82, 2.24) is 4.72 Å². The molecule has 4 N–H and O–H groups in total. The van der Waals surface area contributed by atoms with E-state index in [-0.39, 0.29) is 4.90 Å². The summed E-state index contributed by atoms with van der Waals surface area (Å²) in [4.78, 5) is 0.149. The van der Waals surface area contributed by atoms with Gasteiger partial charge in [-0.2, -0.15) is 0 Å². The lowest BCUT2D eigenvalue weighted by atomic mass is 10.2. The normalized spacial score (nSPS) is 11.3. The summed E-state index contributed by atoms with van der Waals surface area (Å²) in [6.45, 7) is 0.599. The molecule has 2 rings (SSSR count). The molecule has 0 saturated heterocycles. The second-order valence-corrected chi connectivity index (χ2v) is 7.24. The van der Waals surface area contributed by atoms with Crippen LogP contribution in [-0.4, -0.2) is 15.5 Å². The molecule has 0 atom stereocenters. The second-order valence-electron chi connectivity index (χ2n) is 4.44. The number of rotatable bonds is 5. The van der Waals surface area contributed by atoms with Gasteiger partial charge < -0.3 is 11.1 Å². The number of benzene rings is 2. The number of halogens is 1. The fourth-order valence-electron chi connectivity index (χ4n) is 1.83. The van der Waals surface area contributed by atoms with Crippen LogP contribution in [0.25, 0.3) is 0 Å². The van der Waals surface area contributed by atoms with Gasteiger partial charge in [0, 0.05) is 11.0 Å². The molecular weight excluding hydrogens is 354 g/mol. The molecule has 0 spiro atoms. The van der Waals surface area contributed by atoms with E-state index in [0.29, 0.717) is 17.9 Å². The van der Waals surface area contributed by atoms with E-state index in [0.717, 1.165) is 10.0 Å². The average molecular weight is 370 g/mol. The van der Waals surface area contributed by atoms with E-state index in [9.17, 15) is 8.42 Å². The van der Waals surface area contributed by atoms with Crippen molar-refractivity contribution in [3.8, 4) is 0 Å². The molecule has 0 aliphatic carbocycles. The Kier molecular flexibility index (Phi) is 4.87. The second kappa shape index (κ2) is 6.46. The Hall–Kier alpha value is -1.57. The lowest BCUT2D eigenvalue weighted by molar-refractivity contribution is 0.588. The molecule has 7 heteroatoms. The zero-order valence-electron chi connectivity index (χ0n) is 11.4. The highest BCUT2D eigenvalue weighted by Gasteiger charge is 2.12. The van der Waals surface area contributed by atoms with Gasteiger partial charge in [-0.3, -0.25) is 0 Å². The van der Waals surface area contributed by atoms with Crippen molar-refractivity contribution in [3.63, 3.8) is 0 Å². The first kappa shape index (κ1) is 15.8. The number of sulfonamides is 1. The summed E-state index contributed by atoms with van der Waals surface area (Å²) in [5.41, 5.74) is 8.09. The minimum atomic E-state index is -3.47. The molecule has 0 aliphatic heterocycles. The number of nitrogens with two attached hydrogens (primary N) is 1. The average Bonchev–Trinajstić information content (AvgIpc) is 2.46. The molecule has 2 aromatic carbocycles. The van der Waals surface area contributed by atoms with Gasteiger partial charge in [0.1, 0.15) is 0 Å². The largest absolute Gasteiger partial charge is 0.397 e. The number of anilines is 2. The minimum absolute atomic E-state index is 0.149. The first-order chi connectivity index (χ1) is 9.92. The molecule has 0 radical (unpaired) electrons. The minimum Gasteiger partial charge on any atom is -0.397 e. The summed E-state index contributed by atoms with van der Waals surface area (Å²) in [5, 5.41) is 3.19. The summed E-state index contributed by atoms with van der Waals surface area (Å²) in [5.74, 6) is 0. The summed E-state index contributed by atoms with van der Waals surface area (Å²) in [6.07, 6.45) is 0. The Labute approximate surface area is 132 Å². The van der Waals surface area contributed by atoms with Crippen molar-refractivity contribution in [2.75, 3.05) is 18.1 Å². The van der Waals surface area contributed by atoms with Crippen LogP contribution in [0.15, 0.2) is 51.8 Å². The summed E-state index contributed by atoms with van der Waals surface area (Å²) < 4.78 is 26.6. The van der Waals surface area contributed by atoms with Crippen molar-refractivity contribution < 1.29 is 8.42 Å². The predicted octanol–water partition coefficient (Wildman–Crippen LogP) is 2.55. The fraction of sp³-hybridized carbons (Fsp3) is 0.143. The lowest BCUT2D eigenvalue weighted by Gasteiger charge is -2.11. The van der Waals surface area contributed by atoms with Crippen LogP contribution in [-0.2, 0) is 16.6 Å². The third kappa shape index (κ3) is 3.96. The van der Waals surface area contributed by atoms with Crippen molar-refractivity contribution >= 4 is 37.3 Å². The summed E-state index contributed by atoms with van der Waals surface area (Å²) >= 11 is 3.42. The zero-order valence-corrected chi connectivity index (χ0v) is 13.8. The molecule has 2 aromatic rings. The fourth-order valence-corrected chi connectivity index (χ4v) is 3.04. The van der Waals surface area contributed by atoms with Gasteiger partial charge in [-0.15, -0.1) is 0 Å². The lowest BCUT2D eigenvalue weighted by Crippen LogP contribution is -2.18. The maximum absolute atomic E-state index is 11.7. The van der Waals surface area contributed by atoms with E-state index in [1.165, 1.54) is 19.2 Å². The molecule has 0 fully saturated rings.